The number of hydrogen-bond donors (Lipinski definition) is 2. The third-order valence-corrected chi connectivity index (χ3v) is 4.81. The molecule has 9 heteroatoms. The van der Waals surface area contributed by atoms with Crippen molar-refractivity contribution in [3.8, 4) is 0 Å². The van der Waals surface area contributed by atoms with Crippen molar-refractivity contribution in [1.82, 2.24) is 24.4 Å². The summed E-state index contributed by atoms with van der Waals surface area (Å²) in [5, 5.41) is 0. The molecule has 1 aliphatic rings. The number of rotatable bonds is 4. The molecular weight excluding hydrogens is 353 g/mol. The lowest BCUT2D eigenvalue weighted by Crippen LogP contribution is -2.34. The average Bonchev–Trinajstić information content (AvgIpc) is 3.26. The number of nitrogens with one attached hydrogen (secondary N) is 2. The van der Waals surface area contributed by atoms with E-state index in [1.807, 2.05) is 0 Å². The highest BCUT2D eigenvalue weighted by Gasteiger charge is 2.31. The van der Waals surface area contributed by atoms with Gasteiger partial charge < -0.3 is 14.5 Å². The van der Waals surface area contributed by atoms with Crippen molar-refractivity contribution in [3.63, 3.8) is 0 Å². The summed E-state index contributed by atoms with van der Waals surface area (Å²) in [6.07, 6.45) is 3.13. The lowest BCUT2D eigenvalue weighted by Gasteiger charge is -2.23. The van der Waals surface area contributed by atoms with Gasteiger partial charge in [-0.25, -0.2) is 14.2 Å². The Morgan fingerprint density at radius 1 is 1.26 bits per heavy atom. The fraction of sp³-hybridized carbons (Fsp3) is 0.333. The van der Waals surface area contributed by atoms with Crippen molar-refractivity contribution < 1.29 is 9.18 Å². The van der Waals surface area contributed by atoms with Crippen LogP contribution in [0.25, 0.3) is 11.0 Å². The molecule has 4 rings (SSSR count). The summed E-state index contributed by atoms with van der Waals surface area (Å²) in [6, 6.07) is 5.40. The SMILES string of the molecule is O=C(CCn1ccc(=O)[nH]c1=O)N1CCC[C@H]1c1nc2ccc(F)cc2[nH]1. The van der Waals surface area contributed by atoms with Gasteiger partial charge in [0.15, 0.2) is 0 Å². The van der Waals surface area contributed by atoms with E-state index in [0.29, 0.717) is 23.4 Å². The van der Waals surface area contributed by atoms with Crippen LogP contribution in [-0.4, -0.2) is 36.9 Å². The van der Waals surface area contributed by atoms with E-state index in [0.717, 1.165) is 12.8 Å². The Balaban J connectivity index is 1.50. The van der Waals surface area contributed by atoms with Gasteiger partial charge in [-0.3, -0.25) is 14.6 Å². The standard InChI is InChI=1S/C18H18FN5O3/c19-11-3-4-12-13(10-11)21-17(20-12)14-2-1-7-24(14)16(26)6-9-23-8-5-15(25)22-18(23)27/h3-5,8,10,14H,1-2,6-7,9H2,(H,20,21)(H,22,25,27)/t14-/m0/s1. The Kier molecular flexibility index (Phi) is 4.35. The molecule has 1 saturated heterocycles. The largest absolute Gasteiger partial charge is 0.340 e. The van der Waals surface area contributed by atoms with E-state index in [1.54, 1.807) is 11.0 Å². The zero-order chi connectivity index (χ0) is 19.0. The van der Waals surface area contributed by atoms with Gasteiger partial charge in [0.2, 0.25) is 5.91 Å². The molecule has 1 aliphatic heterocycles. The minimum absolute atomic E-state index is 0.0952. The molecule has 3 aromatic rings. The molecule has 0 radical (unpaired) electrons. The molecule has 2 N–H and O–H groups in total. The van der Waals surface area contributed by atoms with Crippen molar-refractivity contribution in [1.29, 1.82) is 0 Å². The Labute approximate surface area is 152 Å². The number of likely N-dealkylation sites (tertiary alicyclic amines) is 1. The van der Waals surface area contributed by atoms with Crippen LogP contribution in [0.3, 0.4) is 0 Å². The van der Waals surface area contributed by atoms with Gasteiger partial charge in [0.1, 0.15) is 11.6 Å². The Morgan fingerprint density at radius 3 is 2.93 bits per heavy atom. The maximum atomic E-state index is 13.4. The molecular formula is C18H18FN5O3. The number of fused-ring (bicyclic) bond motifs is 1. The number of carbonyl (C=O) groups excluding carboxylic acids is 1. The van der Waals surface area contributed by atoms with E-state index < -0.39 is 11.2 Å². The van der Waals surface area contributed by atoms with Crippen molar-refractivity contribution in [2.75, 3.05) is 6.54 Å². The minimum Gasteiger partial charge on any atom is -0.340 e. The first-order valence-corrected chi connectivity index (χ1v) is 8.76. The van der Waals surface area contributed by atoms with Crippen molar-refractivity contribution in [2.24, 2.45) is 0 Å². The highest BCUT2D eigenvalue weighted by molar-refractivity contribution is 5.78. The first-order valence-electron chi connectivity index (χ1n) is 8.76. The van der Waals surface area contributed by atoms with E-state index in [4.69, 9.17) is 0 Å². The Bertz CT molecular complexity index is 1120. The fourth-order valence-corrected chi connectivity index (χ4v) is 3.49. The van der Waals surface area contributed by atoms with Gasteiger partial charge in [0.05, 0.1) is 17.1 Å². The second kappa shape index (κ2) is 6.82. The van der Waals surface area contributed by atoms with Crippen LogP contribution in [0, 0.1) is 5.82 Å². The van der Waals surface area contributed by atoms with Gasteiger partial charge in [-0.15, -0.1) is 0 Å². The molecule has 0 aliphatic carbocycles. The first kappa shape index (κ1) is 17.2. The summed E-state index contributed by atoms with van der Waals surface area (Å²) in [4.78, 5) is 47.0. The maximum absolute atomic E-state index is 13.4. The number of hydrogen-bond acceptors (Lipinski definition) is 4. The van der Waals surface area contributed by atoms with Crippen LogP contribution in [0.15, 0.2) is 40.1 Å². The number of aromatic nitrogens is 4. The summed E-state index contributed by atoms with van der Waals surface area (Å²) in [5.74, 6) is 0.202. The molecule has 0 bridgehead atoms. The van der Waals surface area contributed by atoms with Gasteiger partial charge in [0.25, 0.3) is 5.56 Å². The third-order valence-electron chi connectivity index (χ3n) is 4.81. The number of imidazole rings is 1. The molecule has 1 amide bonds. The molecule has 0 spiro atoms. The summed E-state index contributed by atoms with van der Waals surface area (Å²) in [7, 11) is 0. The van der Waals surface area contributed by atoms with Gasteiger partial charge in [-0.2, -0.15) is 0 Å². The van der Waals surface area contributed by atoms with Gasteiger partial charge in [-0.1, -0.05) is 0 Å². The zero-order valence-corrected chi connectivity index (χ0v) is 14.4. The van der Waals surface area contributed by atoms with Gasteiger partial charge >= 0.3 is 5.69 Å². The lowest BCUT2D eigenvalue weighted by molar-refractivity contribution is -0.132. The molecule has 0 unspecified atom stereocenters. The highest BCUT2D eigenvalue weighted by Crippen LogP contribution is 2.32. The van der Waals surface area contributed by atoms with Crippen LogP contribution in [0.1, 0.15) is 31.1 Å². The maximum Gasteiger partial charge on any atom is 0.328 e. The van der Waals surface area contributed by atoms with E-state index in [9.17, 15) is 18.8 Å². The number of benzene rings is 1. The van der Waals surface area contributed by atoms with Gasteiger partial charge in [0, 0.05) is 31.8 Å². The van der Waals surface area contributed by atoms with Gasteiger partial charge in [-0.05, 0) is 31.0 Å². The van der Waals surface area contributed by atoms with Crippen LogP contribution in [-0.2, 0) is 11.3 Å². The molecule has 0 saturated carbocycles. The van der Waals surface area contributed by atoms with Crippen molar-refractivity contribution >= 4 is 16.9 Å². The molecule has 140 valence electrons. The van der Waals surface area contributed by atoms with Crippen molar-refractivity contribution in [2.45, 2.75) is 31.8 Å². The lowest BCUT2D eigenvalue weighted by atomic mass is 10.2. The molecule has 3 heterocycles. The quantitative estimate of drug-likeness (QED) is 0.721. The van der Waals surface area contributed by atoms with Crippen LogP contribution < -0.4 is 11.2 Å². The molecule has 1 aromatic carbocycles. The van der Waals surface area contributed by atoms with Crippen molar-refractivity contribution in [3.05, 3.63) is 62.9 Å². The average molecular weight is 371 g/mol. The van der Waals surface area contributed by atoms with Crippen LogP contribution >= 0.6 is 0 Å². The summed E-state index contributed by atoms with van der Waals surface area (Å²) in [5.41, 5.74) is 0.255. The second-order valence-electron chi connectivity index (χ2n) is 6.58. The number of aromatic amines is 2. The topological polar surface area (TPSA) is 104 Å². The number of aryl methyl sites for hydroxylation is 1. The molecule has 27 heavy (non-hydrogen) atoms. The van der Waals surface area contributed by atoms with E-state index >= 15 is 0 Å². The summed E-state index contributed by atoms with van der Waals surface area (Å²) in [6.45, 7) is 0.790. The third kappa shape index (κ3) is 3.40. The summed E-state index contributed by atoms with van der Waals surface area (Å²) >= 11 is 0. The number of H-pyrrole nitrogens is 2. The smallest absolute Gasteiger partial charge is 0.328 e. The van der Waals surface area contributed by atoms with Crippen LogP contribution in [0.4, 0.5) is 4.39 Å². The first-order chi connectivity index (χ1) is 13.0. The predicted molar refractivity (Wildman–Crippen MR) is 95.7 cm³/mol. The number of amides is 1. The number of nitrogens with zero attached hydrogens (tertiary/aromatic N) is 3. The highest BCUT2D eigenvalue weighted by atomic mass is 19.1. The van der Waals surface area contributed by atoms with E-state index in [-0.39, 0.29) is 30.7 Å². The number of halogens is 1. The number of carbonyl (C=O) groups is 1. The fourth-order valence-electron chi connectivity index (χ4n) is 3.49. The molecule has 1 atom stereocenters. The second-order valence-corrected chi connectivity index (χ2v) is 6.58. The Hall–Kier alpha value is -3.23. The van der Waals surface area contributed by atoms with E-state index in [2.05, 4.69) is 15.0 Å². The molecule has 1 fully saturated rings. The minimum atomic E-state index is -0.535. The zero-order valence-electron chi connectivity index (χ0n) is 14.4. The molecule has 2 aromatic heterocycles. The normalized spacial score (nSPS) is 16.9. The monoisotopic (exact) mass is 371 g/mol. The molecule has 8 nitrogen and oxygen atoms in total. The Morgan fingerprint density at radius 2 is 2.11 bits per heavy atom. The van der Waals surface area contributed by atoms with Crippen LogP contribution in [0.5, 0.6) is 0 Å². The van der Waals surface area contributed by atoms with Crippen LogP contribution in [0.2, 0.25) is 0 Å². The van der Waals surface area contributed by atoms with E-state index in [1.165, 1.54) is 29.0 Å². The predicted octanol–water partition coefficient (Wildman–Crippen LogP) is 1.31. The summed E-state index contributed by atoms with van der Waals surface area (Å²) < 4.78 is 14.7.